The molecule has 0 aliphatic carbocycles. The van der Waals surface area contributed by atoms with Crippen LogP contribution < -0.4 is 0 Å². The molecule has 19 heavy (non-hydrogen) atoms. The van der Waals surface area contributed by atoms with E-state index in [-0.39, 0.29) is 13.2 Å². The van der Waals surface area contributed by atoms with Crippen molar-refractivity contribution < 1.29 is 23.4 Å². The number of alkyl halides is 2. The van der Waals surface area contributed by atoms with E-state index in [1.807, 2.05) is 0 Å². The van der Waals surface area contributed by atoms with E-state index in [1.54, 1.807) is 18.2 Å². The minimum absolute atomic E-state index is 0.100. The van der Waals surface area contributed by atoms with Gasteiger partial charge in [0.25, 0.3) is 12.3 Å². The average molecular weight is 271 g/mol. The number of fused-ring (bicyclic) bond motifs is 1. The number of ether oxygens (including phenoxy) is 1. The van der Waals surface area contributed by atoms with Gasteiger partial charge in [0.1, 0.15) is 0 Å². The van der Waals surface area contributed by atoms with Gasteiger partial charge in [0.15, 0.2) is 0 Å². The molecule has 4 nitrogen and oxygen atoms in total. The summed E-state index contributed by atoms with van der Waals surface area (Å²) in [6.45, 7) is -0.164. The first kappa shape index (κ1) is 13.9. The first-order valence-corrected chi connectivity index (χ1v) is 5.99. The summed E-state index contributed by atoms with van der Waals surface area (Å²) in [5.41, 5.74) is 2.27. The van der Waals surface area contributed by atoms with Crippen molar-refractivity contribution >= 4 is 5.91 Å². The van der Waals surface area contributed by atoms with E-state index in [9.17, 15) is 13.6 Å². The van der Waals surface area contributed by atoms with Crippen molar-refractivity contribution in [1.82, 2.24) is 4.90 Å². The highest BCUT2D eigenvalue weighted by molar-refractivity contribution is 5.94. The number of carbonyl (C=O) groups excluding carboxylic acids is 1. The first-order chi connectivity index (χ1) is 9.11. The highest BCUT2D eigenvalue weighted by Gasteiger charge is 2.21. The molecule has 1 aromatic carbocycles. The fraction of sp³-hybridized carbons (Fsp3) is 0.462. The molecule has 0 spiro atoms. The second-order valence-corrected chi connectivity index (χ2v) is 4.34. The Morgan fingerprint density at radius 3 is 2.79 bits per heavy atom. The molecule has 6 heteroatoms. The predicted molar refractivity (Wildman–Crippen MR) is 63.9 cm³/mol. The summed E-state index contributed by atoms with van der Waals surface area (Å²) >= 11 is 0. The second-order valence-electron chi connectivity index (χ2n) is 4.34. The molecule has 1 aliphatic rings. The van der Waals surface area contributed by atoms with Gasteiger partial charge in [-0.05, 0) is 23.3 Å². The molecule has 1 heterocycles. The fourth-order valence-electron chi connectivity index (χ4n) is 2.05. The van der Waals surface area contributed by atoms with Gasteiger partial charge in [-0.15, -0.1) is 0 Å². The van der Waals surface area contributed by atoms with Gasteiger partial charge >= 0.3 is 0 Å². The number of hydrogen-bond acceptors (Lipinski definition) is 3. The van der Waals surface area contributed by atoms with E-state index < -0.39 is 18.9 Å². The van der Waals surface area contributed by atoms with Crippen LogP contribution in [0.2, 0.25) is 0 Å². The summed E-state index contributed by atoms with van der Waals surface area (Å²) in [5, 5.41) is 8.84. The van der Waals surface area contributed by atoms with E-state index in [1.165, 1.54) is 0 Å². The lowest BCUT2D eigenvalue weighted by atomic mass is 10.1. The number of carbonyl (C=O) groups is 1. The zero-order chi connectivity index (χ0) is 13.8. The van der Waals surface area contributed by atoms with Crippen LogP contribution >= 0.6 is 0 Å². The molecule has 0 unspecified atom stereocenters. The minimum atomic E-state index is -2.62. The lowest BCUT2D eigenvalue weighted by Crippen LogP contribution is -2.37. The van der Waals surface area contributed by atoms with Crippen LogP contribution in [-0.4, -0.2) is 42.0 Å². The zero-order valence-electron chi connectivity index (χ0n) is 10.3. The molecule has 1 aromatic rings. The summed E-state index contributed by atoms with van der Waals surface area (Å²) < 4.78 is 30.1. The first-order valence-electron chi connectivity index (χ1n) is 5.99. The number of amides is 1. The molecule has 0 saturated carbocycles. The van der Waals surface area contributed by atoms with Crippen LogP contribution in [0.4, 0.5) is 8.78 Å². The Hall–Kier alpha value is -1.53. The Morgan fingerprint density at radius 1 is 1.37 bits per heavy atom. The van der Waals surface area contributed by atoms with Gasteiger partial charge in [-0.3, -0.25) is 4.79 Å². The molecule has 2 rings (SSSR count). The number of hydrogen-bond donors (Lipinski definition) is 1. The number of rotatable bonds is 5. The molecule has 104 valence electrons. The van der Waals surface area contributed by atoms with Gasteiger partial charge in [-0.25, -0.2) is 8.78 Å². The van der Waals surface area contributed by atoms with Crippen molar-refractivity contribution in [3.8, 4) is 0 Å². The molecule has 0 fully saturated rings. The summed E-state index contributed by atoms with van der Waals surface area (Å²) in [4.78, 5) is 13.1. The van der Waals surface area contributed by atoms with Crippen LogP contribution in [0.1, 0.15) is 21.5 Å². The second kappa shape index (κ2) is 6.08. The lowest BCUT2D eigenvalue weighted by molar-refractivity contribution is 0.0509. The van der Waals surface area contributed by atoms with Crippen LogP contribution in [0.3, 0.4) is 0 Å². The van der Waals surface area contributed by atoms with Crippen molar-refractivity contribution in [3.05, 3.63) is 34.9 Å². The highest BCUT2D eigenvalue weighted by Crippen LogP contribution is 2.21. The van der Waals surface area contributed by atoms with Crippen molar-refractivity contribution in [1.29, 1.82) is 0 Å². The standard InChI is InChI=1S/C13H15F2NO3/c14-12(15)6-16(3-4-17)13(18)9-1-2-10-7-19-8-11(10)5-9/h1-2,5,12,17H,3-4,6-8H2. The summed E-state index contributed by atoms with van der Waals surface area (Å²) in [5.74, 6) is -0.496. The maximum Gasteiger partial charge on any atom is 0.255 e. The molecule has 1 amide bonds. The number of halogens is 2. The molecule has 1 aliphatic heterocycles. The molecule has 0 radical (unpaired) electrons. The highest BCUT2D eigenvalue weighted by atomic mass is 19.3. The third kappa shape index (κ3) is 3.27. The Bertz CT molecular complexity index is 465. The molecular formula is C13H15F2NO3. The molecule has 0 aromatic heterocycles. The van der Waals surface area contributed by atoms with Crippen LogP contribution in [0.15, 0.2) is 18.2 Å². The van der Waals surface area contributed by atoms with E-state index in [0.717, 1.165) is 16.0 Å². The van der Waals surface area contributed by atoms with Crippen molar-refractivity contribution in [2.75, 3.05) is 19.7 Å². The molecule has 0 atom stereocenters. The van der Waals surface area contributed by atoms with Crippen molar-refractivity contribution in [2.45, 2.75) is 19.6 Å². The van der Waals surface area contributed by atoms with Gasteiger partial charge in [0, 0.05) is 12.1 Å². The largest absolute Gasteiger partial charge is 0.395 e. The van der Waals surface area contributed by atoms with Crippen LogP contribution in [0, 0.1) is 0 Å². The molecule has 1 N–H and O–H groups in total. The van der Waals surface area contributed by atoms with Gasteiger partial charge in [0.2, 0.25) is 0 Å². The monoisotopic (exact) mass is 271 g/mol. The maximum absolute atomic E-state index is 12.4. The average Bonchev–Trinajstić information content (AvgIpc) is 2.84. The zero-order valence-corrected chi connectivity index (χ0v) is 10.3. The van der Waals surface area contributed by atoms with E-state index >= 15 is 0 Å². The van der Waals surface area contributed by atoms with Crippen molar-refractivity contribution in [2.24, 2.45) is 0 Å². The smallest absolute Gasteiger partial charge is 0.255 e. The molecule has 0 saturated heterocycles. The topological polar surface area (TPSA) is 49.8 Å². The van der Waals surface area contributed by atoms with Crippen molar-refractivity contribution in [3.63, 3.8) is 0 Å². The van der Waals surface area contributed by atoms with Crippen LogP contribution in [0.25, 0.3) is 0 Å². The lowest BCUT2D eigenvalue weighted by Gasteiger charge is -2.21. The normalized spacial score (nSPS) is 13.7. The molecule has 0 bridgehead atoms. The Kier molecular flexibility index (Phi) is 4.44. The van der Waals surface area contributed by atoms with Gasteiger partial charge < -0.3 is 14.7 Å². The van der Waals surface area contributed by atoms with E-state index in [2.05, 4.69) is 0 Å². The number of nitrogens with zero attached hydrogens (tertiary/aromatic N) is 1. The van der Waals surface area contributed by atoms with Crippen LogP contribution in [-0.2, 0) is 18.0 Å². The van der Waals surface area contributed by atoms with Gasteiger partial charge in [0.05, 0.1) is 26.4 Å². The number of aliphatic hydroxyl groups excluding tert-OH is 1. The summed E-state index contributed by atoms with van der Waals surface area (Å²) in [7, 11) is 0. The van der Waals surface area contributed by atoms with Gasteiger partial charge in [-0.2, -0.15) is 0 Å². The van der Waals surface area contributed by atoms with Gasteiger partial charge in [-0.1, -0.05) is 6.07 Å². The summed E-state index contributed by atoms with van der Waals surface area (Å²) in [6.07, 6.45) is -2.62. The minimum Gasteiger partial charge on any atom is -0.395 e. The van der Waals surface area contributed by atoms with Crippen LogP contribution in [0.5, 0.6) is 0 Å². The number of aliphatic hydroxyl groups is 1. The number of benzene rings is 1. The quantitative estimate of drug-likeness (QED) is 0.881. The third-order valence-corrected chi connectivity index (χ3v) is 2.98. The predicted octanol–water partition coefficient (Wildman–Crippen LogP) is 1.42. The SMILES string of the molecule is O=C(c1ccc2c(c1)COC2)N(CCO)CC(F)F. The Morgan fingerprint density at radius 2 is 2.11 bits per heavy atom. The Balaban J connectivity index is 2.16. The van der Waals surface area contributed by atoms with E-state index in [0.29, 0.717) is 18.8 Å². The van der Waals surface area contributed by atoms with E-state index in [4.69, 9.17) is 9.84 Å². The third-order valence-electron chi connectivity index (χ3n) is 2.98. The summed E-state index contributed by atoms with van der Waals surface area (Å²) in [6, 6.07) is 5.04. The fourth-order valence-corrected chi connectivity index (χ4v) is 2.05. The molecular weight excluding hydrogens is 256 g/mol. The Labute approximate surface area is 109 Å². The maximum atomic E-state index is 12.4.